The normalized spacial score (nSPS) is 13.2. The summed E-state index contributed by atoms with van der Waals surface area (Å²) in [6.07, 6.45) is 8.68. The third-order valence-corrected chi connectivity index (χ3v) is 11.6. The molecule has 8 heteroatoms. The van der Waals surface area contributed by atoms with Gasteiger partial charge in [-0.3, -0.25) is 0 Å². The lowest BCUT2D eigenvalue weighted by molar-refractivity contribution is 0.717. The Morgan fingerprint density at radius 1 is 0.675 bits per heavy atom. The molecule has 0 amide bonds. The lowest BCUT2D eigenvalue weighted by Gasteiger charge is -1.96. The van der Waals surface area contributed by atoms with Crippen molar-refractivity contribution >= 4 is 56.7 Å². The van der Waals surface area contributed by atoms with Crippen molar-refractivity contribution in [2.24, 2.45) is 0 Å². The number of nitrogens with zero attached hydrogens (tertiary/aromatic N) is 4. The highest BCUT2D eigenvalue weighted by Crippen LogP contribution is 2.21. The predicted molar refractivity (Wildman–Crippen MR) is 167 cm³/mol. The first-order valence-corrected chi connectivity index (χ1v) is 16.6. The topological polar surface area (TPSA) is 56.3 Å². The molecular formula is C32H28N4S4. The zero-order valence-corrected chi connectivity index (χ0v) is 25.8. The van der Waals surface area contributed by atoms with Crippen LogP contribution in [0.5, 0.6) is 0 Å². The summed E-state index contributed by atoms with van der Waals surface area (Å²) in [7, 11) is 0. The molecule has 4 heterocycles. The van der Waals surface area contributed by atoms with Gasteiger partial charge in [0.25, 0.3) is 0 Å². The van der Waals surface area contributed by atoms with Gasteiger partial charge in [-0.05, 0) is 73.2 Å². The minimum absolute atomic E-state index is 0.144. The number of nitriles is 2. The van der Waals surface area contributed by atoms with Crippen LogP contribution in [0.2, 0.25) is 0 Å². The Labute approximate surface area is 250 Å². The smallest absolute Gasteiger partial charge is 0.192 e. The molecule has 0 N–H and O–H groups in total. The van der Waals surface area contributed by atoms with E-state index in [-0.39, 0.29) is 11.4 Å². The molecule has 0 atom stereocenters. The van der Waals surface area contributed by atoms with Crippen LogP contribution in [0.15, 0.2) is 36.4 Å². The van der Waals surface area contributed by atoms with Crippen molar-refractivity contribution in [1.82, 2.24) is 0 Å². The monoisotopic (exact) mass is 596 g/mol. The maximum Gasteiger partial charge on any atom is 0.536 e. The van der Waals surface area contributed by atoms with Crippen molar-refractivity contribution < 1.29 is 0 Å². The molecule has 40 heavy (non-hydrogen) atoms. The molecule has 0 radical (unpaired) electrons. The van der Waals surface area contributed by atoms with Crippen LogP contribution in [-0.4, -0.2) is 0 Å². The van der Waals surface area contributed by atoms with E-state index in [2.05, 4.69) is 59.9 Å². The summed E-state index contributed by atoms with van der Waals surface area (Å²) < 4.78 is 8.53. The lowest BCUT2D eigenvalue weighted by Crippen LogP contribution is -1.95. The molecule has 4 aromatic rings. The van der Waals surface area contributed by atoms with Crippen LogP contribution in [0, 0.1) is 63.0 Å². The second kappa shape index (κ2) is 14.2. The Balaban J connectivity index is 1.97. The van der Waals surface area contributed by atoms with Gasteiger partial charge >= 0.3 is 5.82 Å². The third kappa shape index (κ3) is 6.62. The Morgan fingerprint density at radius 2 is 1.12 bits per heavy atom. The van der Waals surface area contributed by atoms with E-state index < -0.39 is 0 Å². The Morgan fingerprint density at radius 3 is 1.57 bits per heavy atom. The highest BCUT2D eigenvalue weighted by molar-refractivity contribution is 7.14. The average Bonchev–Trinajstić information content (AvgIpc) is 3.76. The fourth-order valence-electron chi connectivity index (χ4n) is 4.47. The molecule has 0 aliphatic carbocycles. The molecule has 0 spiro atoms. The lowest BCUT2D eigenvalue weighted by atomic mass is 10.1. The molecular weight excluding hydrogens is 569 g/mol. The molecule has 4 nitrogen and oxygen atoms in total. The van der Waals surface area contributed by atoms with Crippen molar-refractivity contribution in [1.29, 1.82) is 10.5 Å². The van der Waals surface area contributed by atoms with Crippen molar-refractivity contribution in [3.8, 4) is 12.1 Å². The van der Waals surface area contributed by atoms with E-state index in [0.717, 1.165) is 69.5 Å². The van der Waals surface area contributed by atoms with Crippen LogP contribution >= 0.6 is 45.3 Å². The van der Waals surface area contributed by atoms with Gasteiger partial charge in [-0.25, -0.2) is 0 Å². The second-order valence-electron chi connectivity index (χ2n) is 9.32. The van der Waals surface area contributed by atoms with Gasteiger partial charge in [0.1, 0.15) is 35.4 Å². The zero-order chi connectivity index (χ0) is 28.5. The van der Waals surface area contributed by atoms with Crippen LogP contribution in [-0.2, 0) is 12.8 Å². The van der Waals surface area contributed by atoms with Gasteiger partial charge in [-0.2, -0.15) is 20.2 Å². The van der Waals surface area contributed by atoms with Gasteiger partial charge in [0.2, 0.25) is 0 Å². The molecule has 0 saturated carbocycles. The summed E-state index contributed by atoms with van der Waals surface area (Å²) in [6, 6.07) is 16.8. The van der Waals surface area contributed by atoms with Gasteiger partial charge in [-0.15, -0.1) is 45.3 Å². The van der Waals surface area contributed by atoms with E-state index in [1.165, 1.54) is 29.3 Å². The first kappa shape index (κ1) is 29.5. The summed E-state index contributed by atoms with van der Waals surface area (Å²) in [6.45, 7) is 19.2. The van der Waals surface area contributed by atoms with Crippen LogP contribution in [0.25, 0.3) is 21.1 Å². The number of thiophene rings is 4. The number of hydrogen-bond acceptors (Lipinski definition) is 6. The van der Waals surface area contributed by atoms with E-state index >= 15 is 0 Å². The largest absolute Gasteiger partial charge is 0.536 e. The van der Waals surface area contributed by atoms with Crippen molar-refractivity contribution in [2.45, 2.75) is 65.2 Å². The number of unbranched alkanes of at least 4 members (excludes halogenated alkanes) is 4. The molecule has 0 aromatic carbocycles. The third-order valence-electron chi connectivity index (χ3n) is 6.52. The van der Waals surface area contributed by atoms with Gasteiger partial charge in [0.05, 0.1) is 4.53 Å². The van der Waals surface area contributed by atoms with Gasteiger partial charge in [0.15, 0.2) is 0 Å². The summed E-state index contributed by atoms with van der Waals surface area (Å²) in [5.74, 6) is 0.144. The zero-order valence-electron chi connectivity index (χ0n) is 22.5. The maximum atomic E-state index is 9.42. The minimum Gasteiger partial charge on any atom is -0.192 e. The van der Waals surface area contributed by atoms with E-state index in [9.17, 15) is 10.5 Å². The molecule has 0 saturated heterocycles. The van der Waals surface area contributed by atoms with Crippen LogP contribution in [0.3, 0.4) is 0 Å². The second-order valence-corrected chi connectivity index (χ2v) is 13.6. The van der Waals surface area contributed by atoms with Crippen LogP contribution < -0.4 is 9.06 Å². The van der Waals surface area contributed by atoms with Gasteiger partial charge in [0, 0.05) is 27.2 Å². The highest BCUT2D eigenvalue weighted by Gasteiger charge is 2.10. The fourth-order valence-corrected chi connectivity index (χ4v) is 9.16. The van der Waals surface area contributed by atoms with E-state index in [1.807, 2.05) is 12.1 Å². The molecule has 200 valence electrons. The summed E-state index contributed by atoms with van der Waals surface area (Å²) in [4.78, 5) is 6.90. The fraction of sp³-hybridized carbons (Fsp3) is 0.312. The highest BCUT2D eigenvalue weighted by atomic mass is 32.1. The van der Waals surface area contributed by atoms with Crippen LogP contribution in [0.4, 0.5) is 0 Å². The molecule has 0 aliphatic rings. The molecule has 0 fully saturated rings. The molecule has 0 aliphatic heterocycles. The van der Waals surface area contributed by atoms with Gasteiger partial charge in [-0.1, -0.05) is 39.5 Å². The van der Waals surface area contributed by atoms with E-state index in [1.54, 1.807) is 45.3 Å². The molecule has 0 unspecified atom stereocenters. The van der Waals surface area contributed by atoms with Crippen LogP contribution in [0.1, 0.15) is 63.5 Å². The molecule has 4 rings (SSSR count). The summed E-state index contributed by atoms with van der Waals surface area (Å²) >= 11 is 6.59. The van der Waals surface area contributed by atoms with Crippen molar-refractivity contribution in [3.63, 3.8) is 0 Å². The summed E-state index contributed by atoms with van der Waals surface area (Å²) in [5.41, 5.74) is 2.61. The number of hydrogen-bond donors (Lipinski definition) is 0. The predicted octanol–water partition coefficient (Wildman–Crippen LogP) is 8.36. The van der Waals surface area contributed by atoms with Crippen molar-refractivity contribution in [3.05, 3.63) is 107 Å². The van der Waals surface area contributed by atoms with Gasteiger partial charge < -0.3 is 0 Å². The quantitative estimate of drug-likeness (QED) is 0.152. The summed E-state index contributed by atoms with van der Waals surface area (Å²) in [5, 5.41) is 18.8. The SMILES string of the molecule is [C-]#[N+]C([N+]#[C-])=c1cc(CCCCC)/c(=c2/cc/c(=c3/cc/c(=c4\sc(=C(C#N)C#N)cc4CCCCC)s3)s2)s1. The van der Waals surface area contributed by atoms with E-state index in [4.69, 9.17) is 13.1 Å². The average molecular weight is 597 g/mol. The Bertz CT molecular complexity index is 1910. The minimum atomic E-state index is 0.144. The Hall–Kier alpha value is -3.50. The van der Waals surface area contributed by atoms with E-state index in [0.29, 0.717) is 0 Å². The first-order valence-electron chi connectivity index (χ1n) is 13.3. The maximum absolute atomic E-state index is 9.42. The van der Waals surface area contributed by atoms with Crippen molar-refractivity contribution in [2.75, 3.05) is 0 Å². The molecule has 0 bridgehead atoms. The number of rotatable bonds is 8. The molecule has 4 aromatic heterocycles. The standard InChI is InChI=1S/C32H28N4S4/c1-5-7-9-11-21-17-28(23(19-33)20-34)39-30(21)26-15-13-24(37-26)25-14-16-27(38-25)31-22(12-10-8-6-2)18-29(40-31)32(35-3)36-4/h13-18H,5-12H2,1-2H3/b25-24+,30-26+,31-27+. The Kier molecular flexibility index (Phi) is 10.5. The number of aryl methyl sites for hydroxylation is 2. The first-order chi connectivity index (χ1) is 19.6.